The third-order valence-corrected chi connectivity index (χ3v) is 3.04. The number of aromatic nitrogens is 2. The molecular weight excluding hydrogens is 190 g/mol. The van der Waals surface area contributed by atoms with Gasteiger partial charge >= 0.3 is 0 Å². The van der Waals surface area contributed by atoms with Gasteiger partial charge in [-0.2, -0.15) is 0 Å². The first kappa shape index (κ1) is 10.2. The highest BCUT2D eigenvalue weighted by atomic mass is 16.1. The van der Waals surface area contributed by atoms with Crippen LogP contribution in [0.1, 0.15) is 26.7 Å². The van der Waals surface area contributed by atoms with Crippen LogP contribution in [0, 0.1) is 5.41 Å². The number of aryl methyl sites for hydroxylation is 1. The normalized spacial score (nSPS) is 17.5. The largest absolute Gasteiger partial charge is 0.365 e. The fourth-order valence-electron chi connectivity index (χ4n) is 1.50. The van der Waals surface area contributed by atoms with E-state index in [2.05, 4.69) is 17.2 Å². The van der Waals surface area contributed by atoms with Gasteiger partial charge in [-0.15, -0.1) is 0 Å². The Kier molecular flexibility index (Phi) is 2.50. The van der Waals surface area contributed by atoms with Crippen molar-refractivity contribution in [2.75, 3.05) is 11.9 Å². The Morgan fingerprint density at radius 2 is 2.33 bits per heavy atom. The van der Waals surface area contributed by atoms with Crippen molar-refractivity contribution in [3.63, 3.8) is 0 Å². The van der Waals surface area contributed by atoms with Crippen LogP contribution in [0.15, 0.2) is 17.2 Å². The lowest BCUT2D eigenvalue weighted by Gasteiger charge is -2.10. The quantitative estimate of drug-likeness (QED) is 0.813. The molecule has 0 amide bonds. The molecule has 15 heavy (non-hydrogen) atoms. The van der Waals surface area contributed by atoms with E-state index in [1.807, 2.05) is 6.92 Å². The van der Waals surface area contributed by atoms with E-state index in [0.29, 0.717) is 17.8 Å². The molecule has 1 aliphatic carbocycles. The summed E-state index contributed by atoms with van der Waals surface area (Å²) in [5.74, 6) is 0.479. The van der Waals surface area contributed by atoms with Crippen molar-refractivity contribution in [1.29, 1.82) is 0 Å². The van der Waals surface area contributed by atoms with Crippen LogP contribution >= 0.6 is 0 Å². The van der Waals surface area contributed by atoms with E-state index in [9.17, 15) is 4.79 Å². The zero-order valence-electron chi connectivity index (χ0n) is 9.29. The molecule has 0 spiro atoms. The highest BCUT2D eigenvalue weighted by Crippen LogP contribution is 2.44. The SMILES string of the molecule is CCn1ccnc(NCC2(C)CC2)c1=O. The lowest BCUT2D eigenvalue weighted by molar-refractivity contribution is 0.606. The zero-order chi connectivity index (χ0) is 10.9. The van der Waals surface area contributed by atoms with Crippen molar-refractivity contribution in [3.05, 3.63) is 22.7 Å². The van der Waals surface area contributed by atoms with Gasteiger partial charge in [-0.3, -0.25) is 4.79 Å². The molecule has 0 aromatic carbocycles. The average Bonchev–Trinajstić information content (AvgIpc) is 2.96. The van der Waals surface area contributed by atoms with E-state index in [0.717, 1.165) is 6.54 Å². The van der Waals surface area contributed by atoms with Crippen molar-refractivity contribution >= 4 is 5.82 Å². The maximum absolute atomic E-state index is 11.8. The summed E-state index contributed by atoms with van der Waals surface area (Å²) in [7, 11) is 0. The van der Waals surface area contributed by atoms with Crippen LogP contribution < -0.4 is 10.9 Å². The van der Waals surface area contributed by atoms with Gasteiger partial charge in [0.1, 0.15) is 0 Å². The predicted octanol–water partition coefficient (Wildman–Crippen LogP) is 1.48. The van der Waals surface area contributed by atoms with Crippen LogP contribution in [0.2, 0.25) is 0 Å². The smallest absolute Gasteiger partial charge is 0.293 e. The standard InChI is InChI=1S/C11H17N3O/c1-3-14-7-6-12-9(10(14)15)13-8-11(2)4-5-11/h6-7H,3-5,8H2,1-2H3,(H,12,13). The van der Waals surface area contributed by atoms with Gasteiger partial charge in [0.25, 0.3) is 5.56 Å². The summed E-state index contributed by atoms with van der Waals surface area (Å²) in [6.45, 7) is 5.71. The Balaban J connectivity index is 2.10. The molecule has 1 fully saturated rings. The Hall–Kier alpha value is -1.32. The minimum absolute atomic E-state index is 0.0238. The maximum atomic E-state index is 11.8. The third kappa shape index (κ3) is 2.19. The highest BCUT2D eigenvalue weighted by molar-refractivity contribution is 5.31. The molecule has 0 radical (unpaired) electrons. The first-order valence-corrected chi connectivity index (χ1v) is 5.44. The van der Waals surface area contributed by atoms with Crippen molar-refractivity contribution < 1.29 is 0 Å². The van der Waals surface area contributed by atoms with E-state index >= 15 is 0 Å². The first-order chi connectivity index (χ1) is 7.14. The van der Waals surface area contributed by atoms with Crippen molar-refractivity contribution in [2.45, 2.75) is 33.2 Å². The number of rotatable bonds is 4. The summed E-state index contributed by atoms with van der Waals surface area (Å²) < 4.78 is 1.66. The fraction of sp³-hybridized carbons (Fsp3) is 0.636. The second kappa shape index (κ2) is 3.68. The van der Waals surface area contributed by atoms with Crippen LogP contribution in [0.25, 0.3) is 0 Å². The van der Waals surface area contributed by atoms with Crippen LogP contribution in [0.5, 0.6) is 0 Å². The van der Waals surface area contributed by atoms with Gasteiger partial charge in [-0.05, 0) is 25.2 Å². The van der Waals surface area contributed by atoms with Crippen molar-refractivity contribution in [2.24, 2.45) is 5.41 Å². The molecule has 1 N–H and O–H groups in total. The molecule has 1 aliphatic rings. The van der Waals surface area contributed by atoms with Gasteiger partial charge in [-0.25, -0.2) is 4.98 Å². The van der Waals surface area contributed by atoms with E-state index in [1.54, 1.807) is 17.0 Å². The lowest BCUT2D eigenvalue weighted by atomic mass is 10.1. The number of hydrogen-bond donors (Lipinski definition) is 1. The molecule has 4 heteroatoms. The maximum Gasteiger partial charge on any atom is 0.293 e. The highest BCUT2D eigenvalue weighted by Gasteiger charge is 2.37. The number of nitrogens with zero attached hydrogens (tertiary/aromatic N) is 2. The molecule has 2 rings (SSSR count). The molecular formula is C11H17N3O. The lowest BCUT2D eigenvalue weighted by Crippen LogP contribution is -2.25. The van der Waals surface area contributed by atoms with E-state index in [-0.39, 0.29) is 5.56 Å². The van der Waals surface area contributed by atoms with Crippen LogP contribution in [0.4, 0.5) is 5.82 Å². The minimum Gasteiger partial charge on any atom is -0.365 e. The van der Waals surface area contributed by atoms with Crippen molar-refractivity contribution in [1.82, 2.24) is 9.55 Å². The molecule has 1 aromatic rings. The average molecular weight is 207 g/mol. The van der Waals surface area contributed by atoms with Crippen LogP contribution in [-0.2, 0) is 6.54 Å². The summed E-state index contributed by atoms with van der Waals surface area (Å²) in [4.78, 5) is 15.8. The van der Waals surface area contributed by atoms with E-state index in [1.165, 1.54) is 12.8 Å². The van der Waals surface area contributed by atoms with Crippen LogP contribution in [-0.4, -0.2) is 16.1 Å². The van der Waals surface area contributed by atoms with Crippen molar-refractivity contribution in [3.8, 4) is 0 Å². The van der Waals surface area contributed by atoms with Gasteiger partial charge in [0.2, 0.25) is 0 Å². The molecule has 1 saturated carbocycles. The summed E-state index contributed by atoms with van der Waals surface area (Å²) in [6.07, 6.45) is 5.87. The summed E-state index contributed by atoms with van der Waals surface area (Å²) in [5, 5.41) is 3.15. The van der Waals surface area contributed by atoms with E-state index in [4.69, 9.17) is 0 Å². The summed E-state index contributed by atoms with van der Waals surface area (Å²) in [5.41, 5.74) is 0.366. The Morgan fingerprint density at radius 1 is 1.60 bits per heavy atom. The molecule has 0 saturated heterocycles. The van der Waals surface area contributed by atoms with Gasteiger partial charge < -0.3 is 9.88 Å². The molecule has 82 valence electrons. The Morgan fingerprint density at radius 3 is 2.93 bits per heavy atom. The molecule has 0 atom stereocenters. The molecule has 1 heterocycles. The van der Waals surface area contributed by atoms with Gasteiger partial charge in [0.05, 0.1) is 0 Å². The van der Waals surface area contributed by atoms with E-state index < -0.39 is 0 Å². The fourth-order valence-corrected chi connectivity index (χ4v) is 1.50. The van der Waals surface area contributed by atoms with Crippen LogP contribution in [0.3, 0.4) is 0 Å². The molecule has 4 nitrogen and oxygen atoms in total. The van der Waals surface area contributed by atoms with Gasteiger partial charge in [-0.1, -0.05) is 6.92 Å². The number of hydrogen-bond acceptors (Lipinski definition) is 3. The minimum atomic E-state index is -0.0238. The monoisotopic (exact) mass is 207 g/mol. The van der Waals surface area contributed by atoms with Gasteiger partial charge in [0.15, 0.2) is 5.82 Å². The predicted molar refractivity (Wildman–Crippen MR) is 60.0 cm³/mol. The summed E-state index contributed by atoms with van der Waals surface area (Å²) in [6, 6.07) is 0. The third-order valence-electron chi connectivity index (χ3n) is 3.04. The molecule has 0 unspecified atom stereocenters. The molecule has 0 bridgehead atoms. The Bertz CT molecular complexity index is 407. The molecule has 0 aliphatic heterocycles. The molecule has 1 aromatic heterocycles. The number of anilines is 1. The first-order valence-electron chi connectivity index (χ1n) is 5.44. The second-order valence-electron chi connectivity index (χ2n) is 4.53. The van der Waals surface area contributed by atoms with Gasteiger partial charge in [0, 0.05) is 25.5 Å². The summed E-state index contributed by atoms with van der Waals surface area (Å²) >= 11 is 0. The second-order valence-corrected chi connectivity index (χ2v) is 4.53. The zero-order valence-corrected chi connectivity index (χ0v) is 9.29. The number of nitrogens with one attached hydrogen (secondary N) is 1. The Labute approximate surface area is 89.3 Å². The topological polar surface area (TPSA) is 46.9 Å².